The van der Waals surface area contributed by atoms with Gasteiger partial charge in [0.15, 0.2) is 11.6 Å². The Morgan fingerprint density at radius 1 is 0.929 bits per heavy atom. The molecule has 14 heavy (non-hydrogen) atoms. The van der Waals surface area contributed by atoms with Crippen molar-refractivity contribution in [1.29, 1.82) is 0 Å². The van der Waals surface area contributed by atoms with Crippen LogP contribution in [0.15, 0.2) is 12.1 Å². The fourth-order valence-corrected chi connectivity index (χ4v) is 0.818. The van der Waals surface area contributed by atoms with Crippen molar-refractivity contribution in [3.05, 3.63) is 44.0 Å². The van der Waals surface area contributed by atoms with Crippen LogP contribution in [-0.2, 0) is 0 Å². The molecule has 0 N–H and O–H groups in total. The highest BCUT2D eigenvalue weighted by molar-refractivity contribution is 5.52. The van der Waals surface area contributed by atoms with E-state index < -0.39 is 32.9 Å². The molecule has 74 valence electrons. The number of nitro benzene ring substituents is 2. The highest BCUT2D eigenvalue weighted by atomic mass is 19.2. The Bertz CT molecular complexity index is 382. The number of benzene rings is 1. The van der Waals surface area contributed by atoms with Crippen molar-refractivity contribution in [2.75, 3.05) is 0 Å². The summed E-state index contributed by atoms with van der Waals surface area (Å²) in [5.41, 5.74) is -2.15. The molecular formula is C6H2F2N2O4. The molecule has 0 aliphatic rings. The van der Waals surface area contributed by atoms with Crippen molar-refractivity contribution in [3.8, 4) is 0 Å². The third-order valence-electron chi connectivity index (χ3n) is 1.41. The summed E-state index contributed by atoms with van der Waals surface area (Å²) < 4.78 is 25.0. The molecule has 0 aliphatic carbocycles. The lowest BCUT2D eigenvalue weighted by molar-refractivity contribution is -0.422. The van der Waals surface area contributed by atoms with E-state index in [2.05, 4.69) is 0 Å². The van der Waals surface area contributed by atoms with E-state index in [0.717, 1.165) is 0 Å². The Hall–Kier alpha value is -2.12. The zero-order valence-corrected chi connectivity index (χ0v) is 6.44. The lowest BCUT2D eigenvalue weighted by Crippen LogP contribution is -1.99. The minimum absolute atomic E-state index is 0.174. The molecule has 0 saturated heterocycles. The Morgan fingerprint density at radius 2 is 1.21 bits per heavy atom. The van der Waals surface area contributed by atoms with E-state index in [1.165, 1.54) is 0 Å². The van der Waals surface area contributed by atoms with Crippen LogP contribution in [0.3, 0.4) is 0 Å². The first-order valence-electron chi connectivity index (χ1n) is 3.21. The molecule has 0 atom stereocenters. The lowest BCUT2D eigenvalue weighted by Gasteiger charge is -1.95. The van der Waals surface area contributed by atoms with E-state index in [1.807, 2.05) is 0 Å². The number of nitrogens with zero attached hydrogens (tertiary/aromatic N) is 2. The minimum atomic E-state index is -1.50. The fourth-order valence-electron chi connectivity index (χ4n) is 0.818. The van der Waals surface area contributed by atoms with Crippen molar-refractivity contribution in [3.63, 3.8) is 0 Å². The highest BCUT2D eigenvalue weighted by Gasteiger charge is 2.27. The average molecular weight is 204 g/mol. The summed E-state index contributed by atoms with van der Waals surface area (Å²) in [5.74, 6) is -3.00. The van der Waals surface area contributed by atoms with Crippen molar-refractivity contribution in [2.24, 2.45) is 0 Å². The predicted molar refractivity (Wildman–Crippen MR) is 39.7 cm³/mol. The van der Waals surface area contributed by atoms with Gasteiger partial charge in [-0.1, -0.05) is 0 Å². The average Bonchev–Trinajstić information content (AvgIpc) is 2.08. The van der Waals surface area contributed by atoms with E-state index >= 15 is 0 Å². The Morgan fingerprint density at radius 3 is 1.43 bits per heavy atom. The maximum absolute atomic E-state index is 12.5. The van der Waals surface area contributed by atoms with Gasteiger partial charge in [-0.3, -0.25) is 20.2 Å². The summed E-state index contributed by atoms with van der Waals surface area (Å²) in [6.07, 6.45) is 0. The topological polar surface area (TPSA) is 86.3 Å². The molecule has 0 fully saturated rings. The second-order valence-electron chi connectivity index (χ2n) is 2.27. The van der Waals surface area contributed by atoms with Crippen molar-refractivity contribution < 1.29 is 18.6 Å². The van der Waals surface area contributed by atoms with Crippen LogP contribution in [0.5, 0.6) is 0 Å². The normalized spacial score (nSPS) is 9.86. The van der Waals surface area contributed by atoms with Crippen LogP contribution in [0.4, 0.5) is 20.2 Å². The SMILES string of the molecule is O=[N+]([O-])c1cc(F)c(F)cc1[N+](=O)[O-]. The molecule has 0 radical (unpaired) electrons. The summed E-state index contributed by atoms with van der Waals surface area (Å²) in [6.45, 7) is 0. The summed E-state index contributed by atoms with van der Waals surface area (Å²) in [5, 5.41) is 20.4. The van der Waals surface area contributed by atoms with Crippen LogP contribution >= 0.6 is 0 Å². The Kier molecular flexibility index (Phi) is 2.36. The predicted octanol–water partition coefficient (Wildman–Crippen LogP) is 1.78. The second kappa shape index (κ2) is 3.32. The molecule has 1 aromatic rings. The van der Waals surface area contributed by atoms with E-state index in [-0.39, 0.29) is 12.1 Å². The van der Waals surface area contributed by atoms with Crippen LogP contribution in [-0.4, -0.2) is 9.85 Å². The number of hydrogen-bond acceptors (Lipinski definition) is 4. The van der Waals surface area contributed by atoms with E-state index in [1.54, 1.807) is 0 Å². The maximum atomic E-state index is 12.5. The summed E-state index contributed by atoms with van der Waals surface area (Å²) in [4.78, 5) is 18.1. The monoisotopic (exact) mass is 204 g/mol. The van der Waals surface area contributed by atoms with Crippen molar-refractivity contribution >= 4 is 11.4 Å². The molecule has 0 saturated carbocycles. The van der Waals surface area contributed by atoms with Crippen LogP contribution in [0.2, 0.25) is 0 Å². The molecule has 0 bridgehead atoms. The van der Waals surface area contributed by atoms with Gasteiger partial charge >= 0.3 is 11.4 Å². The van der Waals surface area contributed by atoms with Gasteiger partial charge in [0.1, 0.15) is 0 Å². The molecule has 0 heterocycles. The minimum Gasteiger partial charge on any atom is -0.258 e. The molecular weight excluding hydrogens is 202 g/mol. The first-order chi connectivity index (χ1) is 6.43. The molecule has 0 aromatic heterocycles. The Labute approximate surface area is 75.1 Å². The maximum Gasteiger partial charge on any atom is 0.349 e. The largest absolute Gasteiger partial charge is 0.349 e. The van der Waals surface area contributed by atoms with Gasteiger partial charge < -0.3 is 0 Å². The first kappa shape index (κ1) is 9.96. The van der Waals surface area contributed by atoms with Crippen LogP contribution < -0.4 is 0 Å². The van der Waals surface area contributed by atoms with Gasteiger partial charge in [0.05, 0.1) is 22.0 Å². The lowest BCUT2D eigenvalue weighted by atomic mass is 10.2. The van der Waals surface area contributed by atoms with Crippen molar-refractivity contribution in [1.82, 2.24) is 0 Å². The third kappa shape index (κ3) is 1.63. The van der Waals surface area contributed by atoms with E-state index in [0.29, 0.717) is 0 Å². The third-order valence-corrected chi connectivity index (χ3v) is 1.41. The number of rotatable bonds is 2. The first-order valence-corrected chi connectivity index (χ1v) is 3.21. The molecule has 1 rings (SSSR count). The molecule has 0 aliphatic heterocycles. The number of halogens is 2. The van der Waals surface area contributed by atoms with Gasteiger partial charge in [0, 0.05) is 0 Å². The van der Waals surface area contributed by atoms with Gasteiger partial charge in [-0.05, 0) is 0 Å². The van der Waals surface area contributed by atoms with Crippen LogP contribution in [0.1, 0.15) is 0 Å². The Balaban J connectivity index is 3.46. The zero-order chi connectivity index (χ0) is 10.9. The van der Waals surface area contributed by atoms with Crippen LogP contribution in [0.25, 0.3) is 0 Å². The summed E-state index contributed by atoms with van der Waals surface area (Å²) in [6, 6.07) is 0.348. The van der Waals surface area contributed by atoms with Crippen molar-refractivity contribution in [2.45, 2.75) is 0 Å². The zero-order valence-electron chi connectivity index (χ0n) is 6.44. The molecule has 6 nitrogen and oxygen atoms in total. The summed E-state index contributed by atoms with van der Waals surface area (Å²) >= 11 is 0. The molecule has 1 aromatic carbocycles. The summed E-state index contributed by atoms with van der Waals surface area (Å²) in [7, 11) is 0. The van der Waals surface area contributed by atoms with E-state index in [4.69, 9.17) is 0 Å². The standard InChI is InChI=1S/C6H2F2N2O4/c7-3-1-5(9(11)12)6(10(13)14)2-4(3)8/h1-2H. The smallest absolute Gasteiger partial charge is 0.258 e. The van der Waals surface area contributed by atoms with Gasteiger partial charge in [-0.15, -0.1) is 0 Å². The van der Waals surface area contributed by atoms with E-state index in [9.17, 15) is 29.0 Å². The molecule has 0 unspecified atom stereocenters. The molecule has 0 amide bonds. The quantitative estimate of drug-likeness (QED) is 0.542. The van der Waals surface area contributed by atoms with Gasteiger partial charge in [-0.25, -0.2) is 8.78 Å². The number of nitro groups is 2. The molecule has 8 heteroatoms. The number of hydrogen-bond donors (Lipinski definition) is 0. The molecule has 0 spiro atoms. The highest BCUT2D eigenvalue weighted by Crippen LogP contribution is 2.28. The van der Waals surface area contributed by atoms with Gasteiger partial charge in [-0.2, -0.15) is 0 Å². The fraction of sp³-hybridized carbons (Fsp3) is 0. The second-order valence-corrected chi connectivity index (χ2v) is 2.27. The van der Waals surface area contributed by atoms with Crippen LogP contribution in [0, 0.1) is 31.9 Å². The van der Waals surface area contributed by atoms with Gasteiger partial charge in [0.25, 0.3) is 0 Å². The van der Waals surface area contributed by atoms with Gasteiger partial charge in [0.2, 0.25) is 0 Å².